The largest absolute Gasteiger partial charge is 0.378 e. The minimum Gasteiger partial charge on any atom is -0.378 e. The van der Waals surface area contributed by atoms with Gasteiger partial charge >= 0.3 is 0 Å². The molecule has 1 aromatic rings. The first-order valence-corrected chi connectivity index (χ1v) is 6.58. The Morgan fingerprint density at radius 1 is 1.28 bits per heavy atom. The summed E-state index contributed by atoms with van der Waals surface area (Å²) < 4.78 is 5.36. The molecule has 1 N–H and O–H groups in total. The molecular weight excluding hydrogens is 226 g/mol. The summed E-state index contributed by atoms with van der Waals surface area (Å²) in [6.07, 6.45) is 0. The highest BCUT2D eigenvalue weighted by Crippen LogP contribution is 2.13. The van der Waals surface area contributed by atoms with Crippen molar-refractivity contribution in [2.75, 3.05) is 31.2 Å². The lowest BCUT2D eigenvalue weighted by atomic mass is 10.1. The maximum atomic E-state index is 5.36. The van der Waals surface area contributed by atoms with Crippen LogP contribution in [0.4, 0.5) is 5.82 Å². The van der Waals surface area contributed by atoms with Gasteiger partial charge in [0.25, 0.3) is 0 Å². The fourth-order valence-electron chi connectivity index (χ4n) is 1.89. The molecule has 0 amide bonds. The van der Waals surface area contributed by atoms with Gasteiger partial charge in [-0.15, -0.1) is 0 Å². The van der Waals surface area contributed by atoms with Crippen LogP contribution >= 0.6 is 0 Å². The van der Waals surface area contributed by atoms with Crippen molar-refractivity contribution in [2.24, 2.45) is 0 Å². The summed E-state index contributed by atoms with van der Waals surface area (Å²) in [7, 11) is 0. The minimum absolute atomic E-state index is 0.122. The normalized spacial score (nSPS) is 16.9. The second-order valence-corrected chi connectivity index (χ2v) is 5.69. The second-order valence-electron chi connectivity index (χ2n) is 5.69. The standard InChI is InChI=1S/C14H23N3O/c1-14(2,3)15-11-12-5-4-6-13(16-12)17-7-9-18-10-8-17/h4-6,15H,7-11H2,1-3H3. The van der Waals surface area contributed by atoms with Crippen LogP contribution < -0.4 is 10.2 Å². The zero-order chi connectivity index (χ0) is 13.0. The van der Waals surface area contributed by atoms with Gasteiger partial charge in [0.15, 0.2) is 0 Å². The number of rotatable bonds is 3. The lowest BCUT2D eigenvalue weighted by Gasteiger charge is -2.28. The van der Waals surface area contributed by atoms with E-state index in [1.54, 1.807) is 0 Å². The summed E-state index contributed by atoms with van der Waals surface area (Å²) in [5, 5.41) is 3.46. The van der Waals surface area contributed by atoms with Crippen molar-refractivity contribution >= 4 is 5.82 Å². The Kier molecular flexibility index (Phi) is 4.19. The number of nitrogens with zero attached hydrogens (tertiary/aromatic N) is 2. The molecule has 1 saturated heterocycles. The van der Waals surface area contributed by atoms with Crippen molar-refractivity contribution in [2.45, 2.75) is 32.9 Å². The van der Waals surface area contributed by atoms with Crippen molar-refractivity contribution in [1.29, 1.82) is 0 Å². The molecule has 2 heterocycles. The zero-order valence-electron chi connectivity index (χ0n) is 11.6. The Morgan fingerprint density at radius 3 is 2.67 bits per heavy atom. The van der Waals surface area contributed by atoms with Gasteiger partial charge < -0.3 is 15.0 Å². The molecule has 1 aliphatic heterocycles. The topological polar surface area (TPSA) is 37.4 Å². The summed E-state index contributed by atoms with van der Waals surface area (Å²) in [5.74, 6) is 1.06. The minimum atomic E-state index is 0.122. The van der Waals surface area contributed by atoms with Gasteiger partial charge in [-0.25, -0.2) is 4.98 Å². The van der Waals surface area contributed by atoms with E-state index in [1.165, 1.54) is 0 Å². The molecule has 0 aliphatic carbocycles. The number of pyridine rings is 1. The van der Waals surface area contributed by atoms with Crippen molar-refractivity contribution in [1.82, 2.24) is 10.3 Å². The van der Waals surface area contributed by atoms with Crippen LogP contribution in [0.1, 0.15) is 26.5 Å². The van der Waals surface area contributed by atoms with Gasteiger partial charge in [0.05, 0.1) is 18.9 Å². The molecule has 0 aromatic carbocycles. The number of ether oxygens (including phenoxy) is 1. The molecule has 1 aromatic heterocycles. The summed E-state index contributed by atoms with van der Waals surface area (Å²) >= 11 is 0. The molecule has 4 heteroatoms. The highest BCUT2D eigenvalue weighted by molar-refractivity contribution is 5.39. The van der Waals surface area contributed by atoms with E-state index in [1.807, 2.05) is 0 Å². The Balaban J connectivity index is 2.00. The van der Waals surface area contributed by atoms with E-state index in [4.69, 9.17) is 9.72 Å². The van der Waals surface area contributed by atoms with Gasteiger partial charge in [0.2, 0.25) is 0 Å². The first-order chi connectivity index (χ1) is 8.54. The van der Waals surface area contributed by atoms with E-state index in [0.717, 1.165) is 44.4 Å². The average Bonchev–Trinajstić information content (AvgIpc) is 2.37. The molecule has 100 valence electrons. The third-order valence-electron chi connectivity index (χ3n) is 2.93. The molecule has 4 nitrogen and oxygen atoms in total. The van der Waals surface area contributed by atoms with Gasteiger partial charge in [0, 0.05) is 25.2 Å². The van der Waals surface area contributed by atoms with E-state index < -0.39 is 0 Å². The Labute approximate surface area is 109 Å². The summed E-state index contributed by atoms with van der Waals surface area (Å²) in [6, 6.07) is 6.23. The summed E-state index contributed by atoms with van der Waals surface area (Å²) in [4.78, 5) is 6.99. The molecular formula is C14H23N3O. The fraction of sp³-hybridized carbons (Fsp3) is 0.643. The van der Waals surface area contributed by atoms with Crippen LogP contribution in [0, 0.1) is 0 Å². The maximum Gasteiger partial charge on any atom is 0.129 e. The van der Waals surface area contributed by atoms with Crippen molar-refractivity contribution in [3.05, 3.63) is 23.9 Å². The number of anilines is 1. The predicted octanol–water partition coefficient (Wildman–Crippen LogP) is 1.81. The molecule has 0 bridgehead atoms. The molecule has 1 fully saturated rings. The molecule has 1 aliphatic rings. The third-order valence-corrected chi connectivity index (χ3v) is 2.93. The van der Waals surface area contributed by atoms with Crippen LogP contribution in [0.5, 0.6) is 0 Å². The van der Waals surface area contributed by atoms with Gasteiger partial charge in [0.1, 0.15) is 5.82 Å². The van der Waals surface area contributed by atoms with Crippen LogP contribution in [0.15, 0.2) is 18.2 Å². The number of aromatic nitrogens is 1. The fourth-order valence-corrected chi connectivity index (χ4v) is 1.89. The highest BCUT2D eigenvalue weighted by atomic mass is 16.5. The van der Waals surface area contributed by atoms with Crippen molar-refractivity contribution in [3.63, 3.8) is 0 Å². The van der Waals surface area contributed by atoms with E-state index in [9.17, 15) is 0 Å². The van der Waals surface area contributed by atoms with Gasteiger partial charge in [-0.05, 0) is 32.9 Å². The average molecular weight is 249 g/mol. The summed E-state index contributed by atoms with van der Waals surface area (Å²) in [5.41, 5.74) is 1.21. The molecule has 0 radical (unpaired) electrons. The first kappa shape index (κ1) is 13.3. The maximum absolute atomic E-state index is 5.36. The van der Waals surface area contributed by atoms with Crippen molar-refractivity contribution in [3.8, 4) is 0 Å². The number of morpholine rings is 1. The van der Waals surface area contributed by atoms with Crippen LogP contribution in [0.3, 0.4) is 0 Å². The molecule has 0 unspecified atom stereocenters. The third kappa shape index (κ3) is 3.96. The van der Waals surface area contributed by atoms with Crippen LogP contribution in [0.2, 0.25) is 0 Å². The number of nitrogens with one attached hydrogen (secondary N) is 1. The van der Waals surface area contributed by atoms with E-state index in [0.29, 0.717) is 0 Å². The zero-order valence-corrected chi connectivity index (χ0v) is 11.6. The van der Waals surface area contributed by atoms with Gasteiger partial charge in [-0.3, -0.25) is 0 Å². The highest BCUT2D eigenvalue weighted by Gasteiger charge is 2.13. The Morgan fingerprint density at radius 2 is 2.00 bits per heavy atom. The Bertz CT molecular complexity index is 381. The number of hydrogen-bond acceptors (Lipinski definition) is 4. The van der Waals surface area contributed by atoms with Gasteiger partial charge in [-0.2, -0.15) is 0 Å². The predicted molar refractivity (Wildman–Crippen MR) is 73.9 cm³/mol. The summed E-state index contributed by atoms with van der Waals surface area (Å²) in [6.45, 7) is 10.8. The SMILES string of the molecule is CC(C)(C)NCc1cccc(N2CCOCC2)n1. The Hall–Kier alpha value is -1.13. The van der Waals surface area contributed by atoms with Crippen LogP contribution in [0.25, 0.3) is 0 Å². The smallest absolute Gasteiger partial charge is 0.129 e. The molecule has 0 spiro atoms. The van der Waals surface area contributed by atoms with Gasteiger partial charge in [-0.1, -0.05) is 6.07 Å². The lowest BCUT2D eigenvalue weighted by molar-refractivity contribution is 0.122. The molecule has 0 saturated carbocycles. The molecule has 18 heavy (non-hydrogen) atoms. The monoisotopic (exact) mass is 249 g/mol. The number of hydrogen-bond donors (Lipinski definition) is 1. The first-order valence-electron chi connectivity index (χ1n) is 6.58. The van der Waals surface area contributed by atoms with E-state index >= 15 is 0 Å². The van der Waals surface area contributed by atoms with Crippen LogP contribution in [-0.2, 0) is 11.3 Å². The molecule has 0 atom stereocenters. The van der Waals surface area contributed by atoms with Crippen LogP contribution in [-0.4, -0.2) is 36.8 Å². The van der Waals surface area contributed by atoms with Crippen molar-refractivity contribution < 1.29 is 4.74 Å². The lowest BCUT2D eigenvalue weighted by Crippen LogP contribution is -2.37. The second kappa shape index (κ2) is 5.67. The van der Waals surface area contributed by atoms with E-state index in [-0.39, 0.29) is 5.54 Å². The molecule has 2 rings (SSSR count). The quantitative estimate of drug-likeness (QED) is 0.886. The van der Waals surface area contributed by atoms with E-state index in [2.05, 4.69) is 49.2 Å².